The fourth-order valence-electron chi connectivity index (χ4n) is 2.94. The number of nitrogens with zero attached hydrogens (tertiary/aromatic N) is 3. The molecule has 0 saturated heterocycles. The standard InChI is InChI=1S/C25H18ClN3O/c26-21-13-15-22(16-14-21)29-23(17-11-19-7-3-1-4-8-19)25(27-28-29)24(30)18-12-20-9-5-2-6-10-20/h1-18H/b17-11+,18-12+. The topological polar surface area (TPSA) is 47.8 Å². The lowest BCUT2D eigenvalue weighted by molar-refractivity contribution is 0.104. The first-order chi connectivity index (χ1) is 14.7. The molecule has 30 heavy (non-hydrogen) atoms. The van der Waals surface area contributed by atoms with Crippen LogP contribution in [-0.4, -0.2) is 20.8 Å². The van der Waals surface area contributed by atoms with Crippen LogP contribution in [0.3, 0.4) is 0 Å². The first-order valence-corrected chi connectivity index (χ1v) is 9.81. The lowest BCUT2D eigenvalue weighted by Crippen LogP contribution is -2.02. The molecular weight excluding hydrogens is 394 g/mol. The minimum absolute atomic E-state index is 0.216. The minimum Gasteiger partial charge on any atom is -0.287 e. The van der Waals surface area contributed by atoms with Gasteiger partial charge in [-0.15, -0.1) is 5.10 Å². The average molecular weight is 412 g/mol. The molecule has 3 aromatic carbocycles. The van der Waals surface area contributed by atoms with E-state index in [1.165, 1.54) is 6.08 Å². The predicted octanol–water partition coefficient (Wildman–Crippen LogP) is 5.99. The maximum absolute atomic E-state index is 12.9. The van der Waals surface area contributed by atoms with Gasteiger partial charge in [-0.05, 0) is 47.5 Å². The van der Waals surface area contributed by atoms with Gasteiger partial charge in [-0.3, -0.25) is 4.79 Å². The fraction of sp³-hybridized carbons (Fsp3) is 0. The summed E-state index contributed by atoms with van der Waals surface area (Å²) in [4.78, 5) is 12.9. The third-order valence-electron chi connectivity index (χ3n) is 4.47. The molecule has 0 aliphatic rings. The Labute approximate surface area is 179 Å². The van der Waals surface area contributed by atoms with Gasteiger partial charge < -0.3 is 0 Å². The summed E-state index contributed by atoms with van der Waals surface area (Å²) in [6.07, 6.45) is 7.08. The van der Waals surface area contributed by atoms with Crippen LogP contribution >= 0.6 is 11.6 Å². The summed E-state index contributed by atoms with van der Waals surface area (Å²) < 4.78 is 1.64. The van der Waals surface area contributed by atoms with Crippen molar-refractivity contribution in [3.8, 4) is 5.69 Å². The van der Waals surface area contributed by atoms with Crippen LogP contribution in [0.15, 0.2) is 91.0 Å². The molecule has 1 heterocycles. The Morgan fingerprint density at radius 1 is 0.767 bits per heavy atom. The van der Waals surface area contributed by atoms with Gasteiger partial charge in [-0.1, -0.05) is 89.6 Å². The lowest BCUT2D eigenvalue weighted by Gasteiger charge is -2.04. The summed E-state index contributed by atoms with van der Waals surface area (Å²) in [5.74, 6) is -0.216. The van der Waals surface area contributed by atoms with E-state index in [1.807, 2.05) is 84.9 Å². The molecule has 0 N–H and O–H groups in total. The molecule has 0 saturated carbocycles. The van der Waals surface area contributed by atoms with E-state index < -0.39 is 0 Å². The van der Waals surface area contributed by atoms with Gasteiger partial charge in [0.2, 0.25) is 5.78 Å². The van der Waals surface area contributed by atoms with Crippen LogP contribution in [0.2, 0.25) is 5.02 Å². The van der Waals surface area contributed by atoms with Crippen LogP contribution < -0.4 is 0 Å². The van der Waals surface area contributed by atoms with E-state index in [1.54, 1.807) is 22.9 Å². The Morgan fingerprint density at radius 3 is 2.00 bits per heavy atom. The van der Waals surface area contributed by atoms with Crippen molar-refractivity contribution in [1.29, 1.82) is 0 Å². The average Bonchev–Trinajstić information content (AvgIpc) is 3.22. The molecule has 0 unspecified atom stereocenters. The number of carbonyl (C=O) groups excluding carboxylic acids is 1. The Bertz CT molecular complexity index is 1190. The van der Waals surface area contributed by atoms with Crippen LogP contribution in [0.5, 0.6) is 0 Å². The molecule has 1 aromatic heterocycles. The Kier molecular flexibility index (Phi) is 5.97. The number of hydrogen-bond donors (Lipinski definition) is 0. The summed E-state index contributed by atoms with van der Waals surface area (Å²) >= 11 is 6.01. The molecule has 4 rings (SSSR count). The number of rotatable bonds is 6. The van der Waals surface area contributed by atoms with E-state index >= 15 is 0 Å². The summed E-state index contributed by atoms with van der Waals surface area (Å²) in [6, 6.07) is 26.7. The molecule has 4 nitrogen and oxygen atoms in total. The van der Waals surface area contributed by atoms with Crippen LogP contribution in [0.4, 0.5) is 0 Å². The third-order valence-corrected chi connectivity index (χ3v) is 4.72. The first-order valence-electron chi connectivity index (χ1n) is 9.43. The van der Waals surface area contributed by atoms with Gasteiger partial charge in [-0.25, -0.2) is 4.68 Å². The SMILES string of the molecule is O=C(/C=C/c1ccccc1)c1nnn(-c2ccc(Cl)cc2)c1/C=C/c1ccccc1. The van der Waals surface area contributed by atoms with Crippen molar-refractivity contribution in [1.82, 2.24) is 15.0 Å². The molecule has 0 bridgehead atoms. The number of hydrogen-bond acceptors (Lipinski definition) is 3. The fourth-order valence-corrected chi connectivity index (χ4v) is 3.07. The molecular formula is C25H18ClN3O. The van der Waals surface area contributed by atoms with Gasteiger partial charge in [0, 0.05) is 5.02 Å². The second kappa shape index (κ2) is 9.16. The van der Waals surface area contributed by atoms with E-state index in [9.17, 15) is 4.79 Å². The van der Waals surface area contributed by atoms with Gasteiger partial charge in [0.1, 0.15) is 0 Å². The lowest BCUT2D eigenvalue weighted by atomic mass is 10.1. The third kappa shape index (κ3) is 4.62. The van der Waals surface area contributed by atoms with Crippen molar-refractivity contribution < 1.29 is 4.79 Å². The zero-order chi connectivity index (χ0) is 20.8. The molecule has 0 radical (unpaired) electrons. The molecule has 0 aliphatic heterocycles. The summed E-state index contributed by atoms with van der Waals surface area (Å²) in [6.45, 7) is 0. The molecule has 146 valence electrons. The predicted molar refractivity (Wildman–Crippen MR) is 122 cm³/mol. The maximum atomic E-state index is 12.9. The highest BCUT2D eigenvalue weighted by atomic mass is 35.5. The van der Waals surface area contributed by atoms with Gasteiger partial charge in [0.05, 0.1) is 11.4 Å². The number of carbonyl (C=O) groups is 1. The molecule has 0 fully saturated rings. The monoisotopic (exact) mass is 411 g/mol. The van der Waals surface area contributed by atoms with Crippen LogP contribution in [0.25, 0.3) is 23.9 Å². The summed E-state index contributed by atoms with van der Waals surface area (Å²) in [5.41, 5.74) is 3.61. The molecule has 0 spiro atoms. The molecule has 5 heteroatoms. The number of benzene rings is 3. The van der Waals surface area contributed by atoms with Crippen LogP contribution in [0, 0.1) is 0 Å². The largest absolute Gasteiger partial charge is 0.287 e. The Balaban J connectivity index is 1.72. The van der Waals surface area contributed by atoms with Gasteiger partial charge >= 0.3 is 0 Å². The molecule has 0 amide bonds. The van der Waals surface area contributed by atoms with E-state index in [4.69, 9.17) is 11.6 Å². The van der Waals surface area contributed by atoms with Gasteiger partial charge in [0.15, 0.2) is 5.69 Å². The van der Waals surface area contributed by atoms with E-state index in [0.29, 0.717) is 10.7 Å². The smallest absolute Gasteiger partial charge is 0.208 e. The van der Waals surface area contributed by atoms with Crippen molar-refractivity contribution in [3.05, 3.63) is 119 Å². The summed E-state index contributed by atoms with van der Waals surface area (Å²) in [5, 5.41) is 9.02. The Hall–Kier alpha value is -3.76. The van der Waals surface area contributed by atoms with E-state index in [2.05, 4.69) is 10.3 Å². The highest BCUT2D eigenvalue weighted by Gasteiger charge is 2.17. The van der Waals surface area contributed by atoms with Crippen molar-refractivity contribution in [2.75, 3.05) is 0 Å². The highest BCUT2D eigenvalue weighted by Crippen LogP contribution is 2.19. The number of ketones is 1. The first kappa shape index (κ1) is 19.6. The molecule has 0 atom stereocenters. The summed E-state index contributed by atoms with van der Waals surface area (Å²) in [7, 11) is 0. The second-order valence-electron chi connectivity index (χ2n) is 6.56. The highest BCUT2D eigenvalue weighted by molar-refractivity contribution is 6.30. The Morgan fingerprint density at radius 2 is 1.37 bits per heavy atom. The van der Waals surface area contributed by atoms with E-state index in [0.717, 1.165) is 16.8 Å². The van der Waals surface area contributed by atoms with Gasteiger partial charge in [0.25, 0.3) is 0 Å². The van der Waals surface area contributed by atoms with Crippen molar-refractivity contribution in [2.45, 2.75) is 0 Å². The quantitative estimate of drug-likeness (QED) is 0.289. The number of halogens is 1. The second-order valence-corrected chi connectivity index (χ2v) is 7.00. The number of allylic oxidation sites excluding steroid dienone is 1. The van der Waals surface area contributed by atoms with Crippen molar-refractivity contribution >= 4 is 35.6 Å². The van der Waals surface area contributed by atoms with Crippen molar-refractivity contribution in [3.63, 3.8) is 0 Å². The van der Waals surface area contributed by atoms with Gasteiger partial charge in [-0.2, -0.15) is 0 Å². The zero-order valence-corrected chi connectivity index (χ0v) is 16.8. The maximum Gasteiger partial charge on any atom is 0.208 e. The normalized spacial score (nSPS) is 11.4. The zero-order valence-electron chi connectivity index (χ0n) is 16.0. The minimum atomic E-state index is -0.216. The molecule has 0 aliphatic carbocycles. The molecule has 4 aromatic rings. The number of aromatic nitrogens is 3. The van der Waals surface area contributed by atoms with Crippen LogP contribution in [-0.2, 0) is 0 Å². The van der Waals surface area contributed by atoms with Crippen LogP contribution in [0.1, 0.15) is 27.3 Å². The van der Waals surface area contributed by atoms with Crippen molar-refractivity contribution in [2.24, 2.45) is 0 Å². The van der Waals surface area contributed by atoms with E-state index in [-0.39, 0.29) is 11.5 Å².